The van der Waals surface area contributed by atoms with Gasteiger partial charge < -0.3 is 15.7 Å². The van der Waals surface area contributed by atoms with E-state index in [-0.39, 0.29) is 12.6 Å². The van der Waals surface area contributed by atoms with Gasteiger partial charge in [-0.2, -0.15) is 0 Å². The molecule has 1 aromatic heterocycles. The zero-order chi connectivity index (χ0) is 12.8. The fraction of sp³-hybridized carbons (Fsp3) is 0.636. The van der Waals surface area contributed by atoms with Crippen LogP contribution < -0.4 is 10.6 Å². The van der Waals surface area contributed by atoms with Crippen molar-refractivity contribution in [1.82, 2.24) is 9.97 Å². The minimum Gasteiger partial charge on any atom is -0.396 e. The third-order valence-electron chi connectivity index (χ3n) is 2.59. The molecule has 0 bridgehead atoms. The molecular weight excluding hydrogens is 284 g/mol. The molecule has 0 aliphatic carbocycles. The number of aliphatic hydroxyl groups is 1. The quantitative estimate of drug-likeness (QED) is 0.751. The summed E-state index contributed by atoms with van der Waals surface area (Å²) >= 11 is 3.46. The summed E-state index contributed by atoms with van der Waals surface area (Å²) < 4.78 is 0.811. The Balaban J connectivity index is 2.85. The molecule has 1 atom stereocenters. The summed E-state index contributed by atoms with van der Waals surface area (Å²) in [6.45, 7) is 4.39. The van der Waals surface area contributed by atoms with Gasteiger partial charge in [-0.15, -0.1) is 0 Å². The molecule has 1 aromatic rings. The molecule has 0 amide bonds. The number of nitrogens with zero attached hydrogens (tertiary/aromatic N) is 2. The Morgan fingerprint density at radius 3 is 2.53 bits per heavy atom. The standard InChI is InChI=1S/C11H19BrN4O/c1-7(2)8(4-5-17)16-11-9(12)10(13-3)14-6-15-11/h6-8,17H,4-5H2,1-3H3,(H2,13,14,15,16). The van der Waals surface area contributed by atoms with Gasteiger partial charge in [0.05, 0.1) is 0 Å². The van der Waals surface area contributed by atoms with Crippen molar-refractivity contribution >= 4 is 27.6 Å². The molecule has 0 aliphatic rings. The Morgan fingerprint density at radius 2 is 2.00 bits per heavy atom. The van der Waals surface area contributed by atoms with Crippen molar-refractivity contribution in [2.45, 2.75) is 26.3 Å². The van der Waals surface area contributed by atoms with E-state index in [1.807, 2.05) is 7.05 Å². The van der Waals surface area contributed by atoms with Gasteiger partial charge >= 0.3 is 0 Å². The minimum absolute atomic E-state index is 0.164. The Labute approximate surface area is 110 Å². The van der Waals surface area contributed by atoms with Crippen LogP contribution in [-0.2, 0) is 0 Å². The Morgan fingerprint density at radius 1 is 1.35 bits per heavy atom. The Kier molecular flexibility index (Phi) is 5.64. The van der Waals surface area contributed by atoms with E-state index in [1.165, 1.54) is 6.33 Å². The zero-order valence-electron chi connectivity index (χ0n) is 10.4. The average molecular weight is 303 g/mol. The number of anilines is 2. The maximum Gasteiger partial charge on any atom is 0.146 e. The maximum absolute atomic E-state index is 9.04. The first-order chi connectivity index (χ1) is 8.10. The van der Waals surface area contributed by atoms with Crippen molar-refractivity contribution in [1.29, 1.82) is 0 Å². The molecule has 1 heterocycles. The Hall–Kier alpha value is -0.880. The molecule has 0 saturated carbocycles. The number of nitrogens with one attached hydrogen (secondary N) is 2. The SMILES string of the molecule is CNc1ncnc(NC(CCO)C(C)C)c1Br. The molecule has 1 unspecified atom stereocenters. The highest BCUT2D eigenvalue weighted by atomic mass is 79.9. The van der Waals surface area contributed by atoms with Gasteiger partial charge in [0.2, 0.25) is 0 Å². The third kappa shape index (κ3) is 3.81. The van der Waals surface area contributed by atoms with Gasteiger partial charge in [-0.1, -0.05) is 13.8 Å². The number of halogens is 1. The highest BCUT2D eigenvalue weighted by molar-refractivity contribution is 9.10. The third-order valence-corrected chi connectivity index (χ3v) is 3.34. The van der Waals surface area contributed by atoms with E-state index in [4.69, 9.17) is 5.11 Å². The molecule has 3 N–H and O–H groups in total. The molecule has 0 fully saturated rings. The lowest BCUT2D eigenvalue weighted by molar-refractivity contribution is 0.267. The van der Waals surface area contributed by atoms with E-state index in [1.54, 1.807) is 0 Å². The monoisotopic (exact) mass is 302 g/mol. The Bertz CT molecular complexity index is 359. The molecule has 6 heteroatoms. The van der Waals surface area contributed by atoms with Crippen molar-refractivity contribution in [2.24, 2.45) is 5.92 Å². The fourth-order valence-corrected chi connectivity index (χ4v) is 2.05. The first kappa shape index (κ1) is 14.2. The lowest BCUT2D eigenvalue weighted by Crippen LogP contribution is -2.27. The molecule has 0 spiro atoms. The van der Waals surface area contributed by atoms with E-state index < -0.39 is 0 Å². The zero-order valence-corrected chi connectivity index (χ0v) is 12.0. The number of hydrogen-bond acceptors (Lipinski definition) is 5. The highest BCUT2D eigenvalue weighted by Crippen LogP contribution is 2.27. The molecule has 0 radical (unpaired) electrons. The van der Waals surface area contributed by atoms with Gasteiger partial charge in [-0.05, 0) is 28.3 Å². The van der Waals surface area contributed by atoms with E-state index >= 15 is 0 Å². The molecule has 96 valence electrons. The predicted molar refractivity (Wildman–Crippen MR) is 73.2 cm³/mol. The number of aliphatic hydroxyl groups excluding tert-OH is 1. The van der Waals surface area contributed by atoms with Crippen molar-refractivity contribution in [3.63, 3.8) is 0 Å². The average Bonchev–Trinajstić information content (AvgIpc) is 2.30. The molecular formula is C11H19BrN4O. The lowest BCUT2D eigenvalue weighted by atomic mass is 10.0. The molecule has 1 rings (SSSR count). The summed E-state index contributed by atoms with van der Waals surface area (Å²) in [6, 6.07) is 0.191. The molecule has 5 nitrogen and oxygen atoms in total. The fourth-order valence-electron chi connectivity index (χ4n) is 1.53. The van der Waals surface area contributed by atoms with Gasteiger partial charge in [0.1, 0.15) is 22.4 Å². The van der Waals surface area contributed by atoms with Crippen molar-refractivity contribution in [3.8, 4) is 0 Å². The smallest absolute Gasteiger partial charge is 0.146 e. The van der Waals surface area contributed by atoms with E-state index in [2.05, 4.69) is 50.4 Å². The maximum atomic E-state index is 9.04. The summed E-state index contributed by atoms with van der Waals surface area (Å²) in [5.74, 6) is 1.91. The van der Waals surface area contributed by atoms with Crippen LogP contribution in [0.3, 0.4) is 0 Å². The molecule has 0 saturated heterocycles. The van der Waals surface area contributed by atoms with Gasteiger partial charge in [0, 0.05) is 19.7 Å². The van der Waals surface area contributed by atoms with Crippen LogP contribution in [0.4, 0.5) is 11.6 Å². The van der Waals surface area contributed by atoms with Crippen LogP contribution in [0, 0.1) is 5.92 Å². The highest BCUT2D eigenvalue weighted by Gasteiger charge is 2.16. The van der Waals surface area contributed by atoms with Crippen LogP contribution in [0.5, 0.6) is 0 Å². The van der Waals surface area contributed by atoms with E-state index in [0.29, 0.717) is 12.3 Å². The summed E-state index contributed by atoms with van der Waals surface area (Å²) in [5.41, 5.74) is 0. The van der Waals surface area contributed by atoms with Gasteiger partial charge in [-0.25, -0.2) is 9.97 Å². The van der Waals surface area contributed by atoms with Crippen LogP contribution in [0.2, 0.25) is 0 Å². The van der Waals surface area contributed by atoms with Crippen molar-refractivity contribution in [3.05, 3.63) is 10.8 Å². The number of hydrogen-bond donors (Lipinski definition) is 3. The second kappa shape index (κ2) is 6.76. The molecule has 0 aliphatic heterocycles. The molecule has 17 heavy (non-hydrogen) atoms. The van der Waals surface area contributed by atoms with Crippen LogP contribution in [-0.4, -0.2) is 34.8 Å². The van der Waals surface area contributed by atoms with Crippen LogP contribution >= 0.6 is 15.9 Å². The predicted octanol–water partition coefficient (Wildman–Crippen LogP) is 2.10. The van der Waals surface area contributed by atoms with Gasteiger partial charge in [-0.3, -0.25) is 0 Å². The van der Waals surface area contributed by atoms with Crippen LogP contribution in [0.25, 0.3) is 0 Å². The summed E-state index contributed by atoms with van der Waals surface area (Å²) in [7, 11) is 1.81. The van der Waals surface area contributed by atoms with Gasteiger partial charge in [0.15, 0.2) is 0 Å². The van der Waals surface area contributed by atoms with Crippen molar-refractivity contribution in [2.75, 3.05) is 24.3 Å². The second-order valence-electron chi connectivity index (χ2n) is 4.14. The van der Waals surface area contributed by atoms with Crippen LogP contribution in [0.1, 0.15) is 20.3 Å². The summed E-state index contributed by atoms with van der Waals surface area (Å²) in [6.07, 6.45) is 2.21. The first-order valence-electron chi connectivity index (χ1n) is 5.65. The van der Waals surface area contributed by atoms with E-state index in [9.17, 15) is 0 Å². The van der Waals surface area contributed by atoms with E-state index in [0.717, 1.165) is 16.1 Å². The van der Waals surface area contributed by atoms with Crippen LogP contribution in [0.15, 0.2) is 10.8 Å². The normalized spacial score (nSPS) is 12.6. The van der Waals surface area contributed by atoms with Gasteiger partial charge in [0.25, 0.3) is 0 Å². The summed E-state index contributed by atoms with van der Waals surface area (Å²) in [5, 5.41) is 15.3. The largest absolute Gasteiger partial charge is 0.396 e. The minimum atomic E-state index is 0.164. The molecule has 0 aromatic carbocycles. The number of aromatic nitrogens is 2. The first-order valence-corrected chi connectivity index (χ1v) is 6.45. The summed E-state index contributed by atoms with van der Waals surface area (Å²) in [4.78, 5) is 8.30. The number of rotatable bonds is 6. The topological polar surface area (TPSA) is 70.1 Å². The second-order valence-corrected chi connectivity index (χ2v) is 4.93. The lowest BCUT2D eigenvalue weighted by Gasteiger charge is -2.23. The van der Waals surface area contributed by atoms with Crippen molar-refractivity contribution < 1.29 is 5.11 Å².